The molecule has 3 rings (SSSR count). The first-order valence-corrected chi connectivity index (χ1v) is 9.48. The van der Waals surface area contributed by atoms with Crippen LogP contribution in [0.5, 0.6) is 5.75 Å². The fourth-order valence-corrected chi connectivity index (χ4v) is 3.14. The first-order chi connectivity index (χ1) is 13.0. The Morgan fingerprint density at radius 1 is 1.15 bits per heavy atom. The molecule has 0 spiro atoms. The van der Waals surface area contributed by atoms with E-state index in [1.807, 2.05) is 44.2 Å². The van der Waals surface area contributed by atoms with Gasteiger partial charge in [-0.25, -0.2) is 4.98 Å². The number of hydrogen-bond acceptors (Lipinski definition) is 5. The lowest BCUT2D eigenvalue weighted by Gasteiger charge is -2.34. The van der Waals surface area contributed by atoms with Crippen LogP contribution >= 0.6 is 0 Å². The fraction of sp³-hybridized carbons (Fsp3) is 0.429. The Kier molecular flexibility index (Phi) is 6.29. The molecule has 0 saturated carbocycles. The van der Waals surface area contributed by atoms with E-state index < -0.39 is 0 Å². The van der Waals surface area contributed by atoms with Gasteiger partial charge in [0.2, 0.25) is 0 Å². The molecule has 0 atom stereocenters. The number of likely N-dealkylation sites (N-methyl/N-ethyl adjacent to an activating group) is 1. The van der Waals surface area contributed by atoms with Gasteiger partial charge >= 0.3 is 0 Å². The molecular formula is C21H28N4O2. The molecule has 1 aliphatic rings. The molecule has 1 saturated heterocycles. The minimum absolute atomic E-state index is 0.0228. The van der Waals surface area contributed by atoms with Crippen LogP contribution in [-0.4, -0.2) is 55.1 Å². The molecule has 0 radical (unpaired) electrons. The lowest BCUT2D eigenvalue weighted by atomic mass is 10.1. The number of pyridine rings is 1. The summed E-state index contributed by atoms with van der Waals surface area (Å²) in [7, 11) is 0. The van der Waals surface area contributed by atoms with Crippen LogP contribution in [0.15, 0.2) is 36.5 Å². The highest BCUT2D eigenvalue weighted by molar-refractivity contribution is 5.91. The van der Waals surface area contributed by atoms with Crippen molar-refractivity contribution in [2.24, 2.45) is 0 Å². The van der Waals surface area contributed by atoms with E-state index in [1.165, 1.54) is 0 Å². The van der Waals surface area contributed by atoms with Crippen molar-refractivity contribution in [3.05, 3.63) is 47.7 Å². The number of nitrogens with zero attached hydrogens (tertiary/aromatic N) is 3. The van der Waals surface area contributed by atoms with Gasteiger partial charge in [0.15, 0.2) is 6.61 Å². The molecule has 1 amide bonds. The Morgan fingerprint density at radius 2 is 1.93 bits per heavy atom. The van der Waals surface area contributed by atoms with E-state index in [0.29, 0.717) is 5.69 Å². The van der Waals surface area contributed by atoms with Crippen LogP contribution < -0.4 is 15.0 Å². The van der Waals surface area contributed by atoms with Gasteiger partial charge in [-0.05, 0) is 49.7 Å². The number of rotatable bonds is 6. The molecule has 27 heavy (non-hydrogen) atoms. The number of carbonyl (C=O) groups excluding carboxylic acids is 1. The topological polar surface area (TPSA) is 57.7 Å². The normalized spacial score (nSPS) is 14.9. The zero-order valence-electron chi connectivity index (χ0n) is 16.4. The summed E-state index contributed by atoms with van der Waals surface area (Å²) in [6.45, 7) is 11.3. The highest BCUT2D eigenvalue weighted by atomic mass is 16.5. The average molecular weight is 368 g/mol. The third-order valence-electron chi connectivity index (χ3n) is 4.88. The highest BCUT2D eigenvalue weighted by Crippen LogP contribution is 2.19. The molecule has 1 aromatic carbocycles. The summed E-state index contributed by atoms with van der Waals surface area (Å²) in [5.41, 5.74) is 2.80. The maximum atomic E-state index is 12.2. The highest BCUT2D eigenvalue weighted by Gasteiger charge is 2.16. The van der Waals surface area contributed by atoms with Gasteiger partial charge in [-0.1, -0.05) is 19.1 Å². The van der Waals surface area contributed by atoms with Crippen molar-refractivity contribution in [1.82, 2.24) is 9.88 Å². The van der Waals surface area contributed by atoms with Crippen LogP contribution in [0.1, 0.15) is 18.1 Å². The average Bonchev–Trinajstić information content (AvgIpc) is 2.69. The smallest absolute Gasteiger partial charge is 0.262 e. The van der Waals surface area contributed by atoms with Gasteiger partial charge in [0, 0.05) is 26.2 Å². The minimum atomic E-state index is -0.193. The Hall–Kier alpha value is -2.60. The first-order valence-electron chi connectivity index (χ1n) is 9.48. The molecule has 1 aliphatic heterocycles. The maximum Gasteiger partial charge on any atom is 0.262 e. The largest absolute Gasteiger partial charge is 0.483 e. The molecule has 0 bridgehead atoms. The molecule has 6 nitrogen and oxygen atoms in total. The summed E-state index contributed by atoms with van der Waals surface area (Å²) >= 11 is 0. The molecule has 0 unspecified atom stereocenters. The molecule has 6 heteroatoms. The predicted molar refractivity (Wildman–Crippen MR) is 109 cm³/mol. The minimum Gasteiger partial charge on any atom is -0.483 e. The van der Waals surface area contributed by atoms with Crippen molar-refractivity contribution in [3.8, 4) is 5.75 Å². The number of aromatic nitrogens is 1. The summed E-state index contributed by atoms with van der Waals surface area (Å²) in [6, 6.07) is 9.81. The first kappa shape index (κ1) is 19.2. The maximum absolute atomic E-state index is 12.2. The molecule has 144 valence electrons. The van der Waals surface area contributed by atoms with E-state index in [1.54, 1.807) is 6.20 Å². The second-order valence-corrected chi connectivity index (χ2v) is 6.93. The Bertz CT molecular complexity index is 768. The van der Waals surface area contributed by atoms with Gasteiger partial charge in [0.05, 0.1) is 11.9 Å². The van der Waals surface area contributed by atoms with Gasteiger partial charge in [0.1, 0.15) is 11.6 Å². The van der Waals surface area contributed by atoms with Crippen molar-refractivity contribution >= 4 is 17.4 Å². The third-order valence-corrected chi connectivity index (χ3v) is 4.88. The number of aryl methyl sites for hydroxylation is 2. The summed E-state index contributed by atoms with van der Waals surface area (Å²) < 4.78 is 5.65. The van der Waals surface area contributed by atoms with Crippen LogP contribution in [0, 0.1) is 13.8 Å². The van der Waals surface area contributed by atoms with Crippen LogP contribution in [0.4, 0.5) is 11.5 Å². The predicted octanol–water partition coefficient (Wildman–Crippen LogP) is 2.86. The van der Waals surface area contributed by atoms with Crippen molar-refractivity contribution in [3.63, 3.8) is 0 Å². The van der Waals surface area contributed by atoms with Crippen molar-refractivity contribution in [1.29, 1.82) is 0 Å². The number of nitrogens with one attached hydrogen (secondary N) is 1. The zero-order valence-corrected chi connectivity index (χ0v) is 16.4. The molecule has 1 aromatic heterocycles. The van der Waals surface area contributed by atoms with Crippen LogP contribution in [0.25, 0.3) is 0 Å². The third kappa shape index (κ3) is 5.20. The van der Waals surface area contributed by atoms with Gasteiger partial charge in [-0.2, -0.15) is 0 Å². The summed E-state index contributed by atoms with van der Waals surface area (Å²) in [5, 5.41) is 2.84. The van der Waals surface area contributed by atoms with Crippen molar-refractivity contribution < 1.29 is 9.53 Å². The SMILES string of the molecule is CCN1CCN(c2ccc(NC(=O)COc3cc(C)ccc3C)cn2)CC1. The molecule has 1 fully saturated rings. The second-order valence-electron chi connectivity index (χ2n) is 6.93. The Morgan fingerprint density at radius 3 is 2.59 bits per heavy atom. The summed E-state index contributed by atoms with van der Waals surface area (Å²) in [6.07, 6.45) is 1.71. The van der Waals surface area contributed by atoms with E-state index in [0.717, 1.165) is 55.4 Å². The molecule has 0 aliphatic carbocycles. The number of benzene rings is 1. The zero-order chi connectivity index (χ0) is 19.2. The standard InChI is InChI=1S/C21H28N4O2/c1-4-24-9-11-25(12-10-24)20-8-7-18(14-22-20)23-21(26)15-27-19-13-16(2)5-6-17(19)3/h5-8,13-14H,4,9-12,15H2,1-3H3,(H,23,26). The van der Waals surface area contributed by atoms with E-state index in [4.69, 9.17) is 4.74 Å². The molecule has 2 heterocycles. The van der Waals surface area contributed by atoms with Gasteiger partial charge < -0.3 is 19.9 Å². The number of hydrogen-bond donors (Lipinski definition) is 1. The lowest BCUT2D eigenvalue weighted by molar-refractivity contribution is -0.118. The van der Waals surface area contributed by atoms with E-state index in [-0.39, 0.29) is 12.5 Å². The monoisotopic (exact) mass is 368 g/mol. The van der Waals surface area contributed by atoms with Gasteiger partial charge in [-0.3, -0.25) is 4.79 Å². The lowest BCUT2D eigenvalue weighted by Crippen LogP contribution is -2.46. The van der Waals surface area contributed by atoms with Gasteiger partial charge in [-0.15, -0.1) is 0 Å². The molecule has 1 N–H and O–H groups in total. The van der Waals surface area contributed by atoms with Crippen molar-refractivity contribution in [2.45, 2.75) is 20.8 Å². The van der Waals surface area contributed by atoms with E-state index >= 15 is 0 Å². The quantitative estimate of drug-likeness (QED) is 0.850. The van der Waals surface area contributed by atoms with E-state index in [9.17, 15) is 4.79 Å². The van der Waals surface area contributed by atoms with Crippen LogP contribution in [-0.2, 0) is 4.79 Å². The number of piperazine rings is 1. The Labute approximate surface area is 161 Å². The van der Waals surface area contributed by atoms with Crippen LogP contribution in [0.3, 0.4) is 0 Å². The Balaban J connectivity index is 1.50. The number of anilines is 2. The van der Waals surface area contributed by atoms with E-state index in [2.05, 4.69) is 27.0 Å². The molecular weight excluding hydrogens is 340 g/mol. The summed E-state index contributed by atoms with van der Waals surface area (Å²) in [4.78, 5) is 21.4. The fourth-order valence-electron chi connectivity index (χ4n) is 3.14. The van der Waals surface area contributed by atoms with Crippen molar-refractivity contribution in [2.75, 3.05) is 49.5 Å². The van der Waals surface area contributed by atoms with Crippen LogP contribution in [0.2, 0.25) is 0 Å². The number of ether oxygens (including phenoxy) is 1. The molecule has 2 aromatic rings. The summed E-state index contributed by atoms with van der Waals surface area (Å²) in [5.74, 6) is 1.50. The second kappa shape index (κ2) is 8.86. The number of carbonyl (C=O) groups is 1. The van der Waals surface area contributed by atoms with Gasteiger partial charge in [0.25, 0.3) is 5.91 Å². The number of amides is 1.